The first kappa shape index (κ1) is 19.3. The van der Waals surface area contributed by atoms with Crippen LogP contribution in [0.3, 0.4) is 0 Å². The van der Waals surface area contributed by atoms with Crippen LogP contribution in [0, 0.1) is 5.41 Å². The molecule has 0 saturated carbocycles. The van der Waals surface area contributed by atoms with Gasteiger partial charge in [-0.05, 0) is 6.42 Å². The van der Waals surface area contributed by atoms with E-state index in [4.69, 9.17) is 11.1 Å². The van der Waals surface area contributed by atoms with Gasteiger partial charge < -0.3 is 16.0 Å². The number of guanidine groups is 1. The number of thioether (sulfide) groups is 1. The minimum Gasteiger partial charge on any atom is -0.356 e. The number of sulfonamides is 1. The highest BCUT2D eigenvalue weighted by molar-refractivity contribution is 7.99. The maximum absolute atomic E-state index is 11.8. The summed E-state index contributed by atoms with van der Waals surface area (Å²) >= 11 is 1.69. The molecule has 0 radical (unpaired) electrons. The number of halogens is 1. The molecule has 0 aromatic rings. The van der Waals surface area contributed by atoms with E-state index in [1.54, 1.807) is 16.7 Å². The second kappa shape index (κ2) is 8.55. The third-order valence-electron chi connectivity index (χ3n) is 2.43. The van der Waals surface area contributed by atoms with Gasteiger partial charge in [0, 0.05) is 18.8 Å². The number of nitrogens with two attached hydrogens (primary N) is 1. The number of hydrogen-bond acceptors (Lipinski definition) is 6. The number of amides is 1. The van der Waals surface area contributed by atoms with Crippen molar-refractivity contribution in [3.05, 3.63) is 0 Å². The Bertz CT molecular complexity index is 439. The summed E-state index contributed by atoms with van der Waals surface area (Å²) in [5.41, 5.74) is 5.76. The van der Waals surface area contributed by atoms with E-state index in [1.165, 1.54) is 0 Å². The molecule has 11 heteroatoms. The van der Waals surface area contributed by atoms with Crippen molar-refractivity contribution < 1.29 is 13.2 Å². The molecule has 0 aromatic heterocycles. The Kier molecular flexibility index (Phi) is 8.25. The lowest BCUT2D eigenvalue weighted by atomic mass is 10.2. The highest BCUT2D eigenvalue weighted by atomic mass is 35.5. The van der Waals surface area contributed by atoms with Gasteiger partial charge in [-0.1, -0.05) is 0 Å². The summed E-state index contributed by atoms with van der Waals surface area (Å²) in [7, 11) is -3.45. The third-order valence-corrected chi connectivity index (χ3v) is 3.97. The van der Waals surface area contributed by atoms with Crippen LogP contribution in [0.2, 0.25) is 0 Å². The van der Waals surface area contributed by atoms with Gasteiger partial charge in [0.05, 0.1) is 18.2 Å². The Hall–Kier alpha value is -0.710. The Morgan fingerprint density at radius 1 is 1.55 bits per heavy atom. The number of rotatable bonds is 5. The molecule has 1 saturated heterocycles. The molecule has 0 spiro atoms. The Balaban J connectivity index is 0.00000361. The minimum atomic E-state index is -3.45. The van der Waals surface area contributed by atoms with Crippen LogP contribution in [0.5, 0.6) is 0 Å². The van der Waals surface area contributed by atoms with Gasteiger partial charge in [0.15, 0.2) is 0 Å². The van der Waals surface area contributed by atoms with E-state index in [0.29, 0.717) is 12.3 Å². The van der Waals surface area contributed by atoms with E-state index in [9.17, 15) is 13.2 Å². The molecule has 0 bridgehead atoms. The number of hydrogen-bond donors (Lipinski definition) is 4. The second-order valence-corrected chi connectivity index (χ2v) is 7.03. The molecule has 0 unspecified atom stereocenters. The zero-order valence-corrected chi connectivity index (χ0v) is 13.5. The van der Waals surface area contributed by atoms with E-state index in [0.717, 1.165) is 18.6 Å². The number of carbonyl (C=O) groups is 1. The highest BCUT2D eigenvalue weighted by Crippen LogP contribution is 2.14. The Morgan fingerprint density at radius 2 is 2.20 bits per heavy atom. The van der Waals surface area contributed by atoms with Crippen molar-refractivity contribution in [1.82, 2.24) is 14.9 Å². The summed E-state index contributed by atoms with van der Waals surface area (Å²) in [6, 6.07) is -0.628. The maximum Gasteiger partial charge on any atom is 0.240 e. The predicted octanol–water partition coefficient (Wildman–Crippen LogP) is -1.27. The van der Waals surface area contributed by atoms with Gasteiger partial charge in [0.2, 0.25) is 21.9 Å². The predicted molar refractivity (Wildman–Crippen MR) is 82.6 cm³/mol. The van der Waals surface area contributed by atoms with Gasteiger partial charge in [-0.25, -0.2) is 8.42 Å². The Labute approximate surface area is 129 Å². The number of nitrogens with one attached hydrogen (secondary N) is 3. The SMILES string of the molecule is CS(=O)(=O)NC(=N)NCC[C@H](N)C(=O)N1CCSC1.Cl. The molecule has 1 heterocycles. The first-order chi connectivity index (χ1) is 8.79. The van der Waals surface area contributed by atoms with Gasteiger partial charge in [-0.15, -0.1) is 24.2 Å². The van der Waals surface area contributed by atoms with Crippen LogP contribution in [0.25, 0.3) is 0 Å². The standard InChI is InChI=1S/C9H19N5O3S2.ClH/c1-19(16,17)13-9(11)12-3-2-7(10)8(15)14-4-5-18-6-14;/h7H,2-6,10H2,1H3,(H3,11,12,13);1H/t7-;/m0./s1. The normalized spacial score (nSPS) is 16.2. The highest BCUT2D eigenvalue weighted by Gasteiger charge is 2.23. The van der Waals surface area contributed by atoms with E-state index in [2.05, 4.69) is 5.32 Å². The van der Waals surface area contributed by atoms with Crippen LogP contribution < -0.4 is 15.8 Å². The fourth-order valence-corrected chi connectivity index (χ4v) is 2.92. The van der Waals surface area contributed by atoms with E-state index < -0.39 is 16.1 Å². The summed E-state index contributed by atoms with van der Waals surface area (Å²) in [6.45, 7) is 0.978. The largest absolute Gasteiger partial charge is 0.356 e. The second-order valence-electron chi connectivity index (χ2n) is 4.21. The van der Waals surface area contributed by atoms with Crippen LogP contribution in [0.4, 0.5) is 0 Å². The zero-order chi connectivity index (χ0) is 14.5. The summed E-state index contributed by atoms with van der Waals surface area (Å²) in [5.74, 6) is 1.18. The van der Waals surface area contributed by atoms with Crippen molar-refractivity contribution in [2.45, 2.75) is 12.5 Å². The molecule has 1 rings (SSSR count). The first-order valence-electron chi connectivity index (χ1n) is 5.72. The molecule has 0 aliphatic carbocycles. The van der Waals surface area contributed by atoms with Crippen LogP contribution in [-0.2, 0) is 14.8 Å². The average Bonchev–Trinajstić information content (AvgIpc) is 2.78. The molecular weight excluding hydrogens is 326 g/mol. The molecule has 1 aliphatic rings. The number of carbonyl (C=O) groups excluding carboxylic acids is 1. The minimum absolute atomic E-state index is 0. The topological polar surface area (TPSA) is 128 Å². The fraction of sp³-hybridized carbons (Fsp3) is 0.778. The lowest BCUT2D eigenvalue weighted by Crippen LogP contribution is -2.45. The lowest BCUT2D eigenvalue weighted by molar-refractivity contribution is -0.131. The lowest BCUT2D eigenvalue weighted by Gasteiger charge is -2.19. The molecule has 20 heavy (non-hydrogen) atoms. The summed E-state index contributed by atoms with van der Waals surface area (Å²) in [6.07, 6.45) is 1.30. The molecule has 8 nitrogen and oxygen atoms in total. The molecule has 118 valence electrons. The van der Waals surface area contributed by atoms with Crippen LogP contribution in [-0.4, -0.2) is 62.2 Å². The Morgan fingerprint density at radius 3 is 2.70 bits per heavy atom. The van der Waals surface area contributed by atoms with Crippen LogP contribution in [0.1, 0.15) is 6.42 Å². The van der Waals surface area contributed by atoms with Crippen molar-refractivity contribution in [1.29, 1.82) is 5.41 Å². The van der Waals surface area contributed by atoms with Gasteiger partial charge in [0.25, 0.3) is 0 Å². The van der Waals surface area contributed by atoms with Crippen molar-refractivity contribution in [2.24, 2.45) is 5.73 Å². The van der Waals surface area contributed by atoms with Crippen molar-refractivity contribution >= 4 is 46.1 Å². The average molecular weight is 346 g/mol. The summed E-state index contributed by atoms with van der Waals surface area (Å²) in [4.78, 5) is 13.5. The smallest absolute Gasteiger partial charge is 0.240 e. The molecule has 1 amide bonds. The first-order valence-corrected chi connectivity index (χ1v) is 8.76. The third kappa shape index (κ3) is 7.17. The summed E-state index contributed by atoms with van der Waals surface area (Å²) < 4.78 is 23.7. The summed E-state index contributed by atoms with van der Waals surface area (Å²) in [5, 5.41) is 9.87. The van der Waals surface area contributed by atoms with Gasteiger partial charge >= 0.3 is 0 Å². The molecule has 1 atom stereocenters. The molecule has 1 fully saturated rings. The maximum atomic E-state index is 11.8. The molecule has 0 aromatic carbocycles. The van der Waals surface area contributed by atoms with Crippen molar-refractivity contribution in [3.63, 3.8) is 0 Å². The molecule has 1 aliphatic heterocycles. The number of nitrogens with zero attached hydrogens (tertiary/aromatic N) is 1. The molecular formula is C9H20ClN5O3S2. The van der Waals surface area contributed by atoms with E-state index >= 15 is 0 Å². The van der Waals surface area contributed by atoms with E-state index in [1.807, 2.05) is 4.72 Å². The van der Waals surface area contributed by atoms with Crippen molar-refractivity contribution in [2.75, 3.05) is 31.0 Å². The fourth-order valence-electron chi connectivity index (χ4n) is 1.52. The molecule has 5 N–H and O–H groups in total. The van der Waals surface area contributed by atoms with E-state index in [-0.39, 0.29) is 30.8 Å². The van der Waals surface area contributed by atoms with Crippen molar-refractivity contribution in [3.8, 4) is 0 Å². The van der Waals surface area contributed by atoms with Crippen LogP contribution in [0.15, 0.2) is 0 Å². The quantitative estimate of drug-likeness (QED) is 0.363. The van der Waals surface area contributed by atoms with Gasteiger partial charge in [-0.3, -0.25) is 14.9 Å². The van der Waals surface area contributed by atoms with Crippen LogP contribution >= 0.6 is 24.2 Å². The van der Waals surface area contributed by atoms with Gasteiger partial charge in [0.1, 0.15) is 0 Å². The monoisotopic (exact) mass is 345 g/mol. The van der Waals surface area contributed by atoms with Gasteiger partial charge in [-0.2, -0.15) is 0 Å². The zero-order valence-electron chi connectivity index (χ0n) is 11.1.